The maximum atomic E-state index is 10.5. The third kappa shape index (κ3) is 5.85. The number of allylic oxidation sites excluding steroid dienone is 2. The Morgan fingerprint density at radius 3 is 2.70 bits per heavy atom. The molecule has 2 atom stereocenters. The molecule has 0 aliphatic heterocycles. The summed E-state index contributed by atoms with van der Waals surface area (Å²) in [6.07, 6.45) is 11.3. The first-order valence-corrected chi connectivity index (χ1v) is 8.90. The van der Waals surface area contributed by atoms with Gasteiger partial charge >= 0.3 is 5.97 Å². The monoisotopic (exact) mass is 314 g/mol. The highest BCUT2D eigenvalue weighted by molar-refractivity contribution is 5.66. The Hall–Kier alpha value is -1.57. The van der Waals surface area contributed by atoms with Gasteiger partial charge in [-0.25, -0.2) is 0 Å². The second-order valence-electron chi connectivity index (χ2n) is 7.68. The number of benzene rings is 1. The average molecular weight is 314 g/mol. The minimum absolute atomic E-state index is 0.272. The molecule has 0 heterocycles. The second kappa shape index (κ2) is 8.33. The summed E-state index contributed by atoms with van der Waals surface area (Å²) in [7, 11) is 0. The Kier molecular flexibility index (Phi) is 6.44. The number of rotatable bonds is 7. The first-order chi connectivity index (χ1) is 11.0. The van der Waals surface area contributed by atoms with Crippen LogP contribution in [0.25, 0.3) is 0 Å². The van der Waals surface area contributed by atoms with Crippen molar-refractivity contribution in [1.29, 1.82) is 0 Å². The van der Waals surface area contributed by atoms with Gasteiger partial charge in [-0.1, -0.05) is 56.3 Å². The van der Waals surface area contributed by atoms with Gasteiger partial charge in [0.2, 0.25) is 0 Å². The van der Waals surface area contributed by atoms with Gasteiger partial charge in [0.1, 0.15) is 0 Å². The molecule has 0 radical (unpaired) electrons. The molecule has 1 aliphatic rings. The van der Waals surface area contributed by atoms with Crippen molar-refractivity contribution in [2.24, 2.45) is 11.3 Å². The van der Waals surface area contributed by atoms with E-state index in [1.165, 1.54) is 24.8 Å². The van der Waals surface area contributed by atoms with Gasteiger partial charge in [0.05, 0.1) is 0 Å². The first kappa shape index (κ1) is 17.8. The summed E-state index contributed by atoms with van der Waals surface area (Å²) in [5.74, 6) is 0.654. The van der Waals surface area contributed by atoms with Crippen LogP contribution in [0.3, 0.4) is 0 Å². The van der Waals surface area contributed by atoms with Crippen LogP contribution in [0, 0.1) is 11.3 Å². The van der Waals surface area contributed by atoms with Gasteiger partial charge in [-0.3, -0.25) is 4.79 Å². The molecular formula is C21H30O2. The van der Waals surface area contributed by atoms with Crippen LogP contribution in [0.1, 0.15) is 70.3 Å². The normalized spacial score (nSPS) is 23.9. The summed E-state index contributed by atoms with van der Waals surface area (Å²) in [5, 5.41) is 8.66. The van der Waals surface area contributed by atoms with Crippen LogP contribution in [0.2, 0.25) is 0 Å². The van der Waals surface area contributed by atoms with E-state index in [0.717, 1.165) is 19.3 Å². The van der Waals surface area contributed by atoms with E-state index in [1.807, 2.05) is 0 Å². The standard InChI is InChI=1S/C21H30O2/c1-21(2)15-14-18(12-6-3-4-9-13-20(22)23)19(16-21)17-10-7-5-8-11-17/h3,5-8,10-11,18-19H,4,9,12-16H2,1-2H3,(H,22,23)/b6-3-. The molecule has 2 rings (SSSR count). The van der Waals surface area contributed by atoms with Gasteiger partial charge in [0.15, 0.2) is 0 Å². The topological polar surface area (TPSA) is 37.3 Å². The molecule has 1 saturated carbocycles. The number of aliphatic carboxylic acids is 1. The molecule has 2 heteroatoms. The molecule has 1 aliphatic carbocycles. The maximum absolute atomic E-state index is 10.5. The van der Waals surface area contributed by atoms with Crippen LogP contribution >= 0.6 is 0 Å². The van der Waals surface area contributed by atoms with Crippen molar-refractivity contribution in [2.75, 3.05) is 0 Å². The van der Waals surface area contributed by atoms with Crippen molar-refractivity contribution < 1.29 is 9.90 Å². The molecule has 2 unspecified atom stereocenters. The Morgan fingerprint density at radius 1 is 1.26 bits per heavy atom. The van der Waals surface area contributed by atoms with Crippen LogP contribution in [0.4, 0.5) is 0 Å². The van der Waals surface area contributed by atoms with Crippen LogP contribution in [-0.2, 0) is 4.79 Å². The average Bonchev–Trinajstić information content (AvgIpc) is 2.52. The fourth-order valence-electron chi connectivity index (χ4n) is 3.77. The van der Waals surface area contributed by atoms with E-state index >= 15 is 0 Å². The lowest BCUT2D eigenvalue weighted by Crippen LogP contribution is -2.28. The van der Waals surface area contributed by atoms with Gasteiger partial charge in [0.25, 0.3) is 0 Å². The van der Waals surface area contributed by atoms with Crippen molar-refractivity contribution in [1.82, 2.24) is 0 Å². The van der Waals surface area contributed by atoms with Crippen molar-refractivity contribution in [3.8, 4) is 0 Å². The highest BCUT2D eigenvalue weighted by Gasteiger charge is 2.34. The van der Waals surface area contributed by atoms with Crippen LogP contribution in [-0.4, -0.2) is 11.1 Å². The zero-order chi connectivity index (χ0) is 16.7. The Balaban J connectivity index is 1.93. The maximum Gasteiger partial charge on any atom is 0.303 e. The highest BCUT2D eigenvalue weighted by Crippen LogP contribution is 2.47. The lowest BCUT2D eigenvalue weighted by molar-refractivity contribution is -0.137. The molecule has 0 amide bonds. The smallest absolute Gasteiger partial charge is 0.303 e. The Morgan fingerprint density at radius 2 is 2.00 bits per heavy atom. The molecular weight excluding hydrogens is 284 g/mol. The molecule has 2 nitrogen and oxygen atoms in total. The van der Waals surface area contributed by atoms with E-state index in [-0.39, 0.29) is 6.42 Å². The molecule has 0 saturated heterocycles. The molecule has 1 aromatic carbocycles. The largest absolute Gasteiger partial charge is 0.481 e. The fraction of sp³-hybridized carbons (Fsp3) is 0.571. The summed E-state index contributed by atoms with van der Waals surface area (Å²) in [5.41, 5.74) is 1.91. The zero-order valence-corrected chi connectivity index (χ0v) is 14.5. The summed E-state index contributed by atoms with van der Waals surface area (Å²) in [4.78, 5) is 10.5. The van der Waals surface area contributed by atoms with E-state index in [4.69, 9.17) is 5.11 Å². The van der Waals surface area contributed by atoms with E-state index in [2.05, 4.69) is 56.3 Å². The van der Waals surface area contributed by atoms with Gasteiger partial charge < -0.3 is 5.11 Å². The summed E-state index contributed by atoms with van der Waals surface area (Å²) in [6.45, 7) is 4.78. The number of carbonyl (C=O) groups is 1. The van der Waals surface area contributed by atoms with Gasteiger partial charge in [-0.05, 0) is 61.3 Å². The van der Waals surface area contributed by atoms with Crippen LogP contribution < -0.4 is 0 Å². The molecule has 23 heavy (non-hydrogen) atoms. The minimum Gasteiger partial charge on any atom is -0.481 e. The van der Waals surface area contributed by atoms with E-state index in [9.17, 15) is 4.79 Å². The lowest BCUT2D eigenvalue weighted by Gasteiger charge is -2.41. The number of carboxylic acid groups (broad SMARTS) is 1. The predicted molar refractivity (Wildman–Crippen MR) is 95.5 cm³/mol. The first-order valence-electron chi connectivity index (χ1n) is 8.90. The number of carboxylic acids is 1. The Labute approximate surface area is 140 Å². The van der Waals surface area contributed by atoms with E-state index in [0.29, 0.717) is 17.3 Å². The zero-order valence-electron chi connectivity index (χ0n) is 14.5. The third-order valence-electron chi connectivity index (χ3n) is 5.13. The van der Waals surface area contributed by atoms with E-state index in [1.54, 1.807) is 0 Å². The SMILES string of the molecule is CC1(C)CCC(C/C=C\CCCC(=O)O)C(c2ccccc2)C1. The quantitative estimate of drug-likeness (QED) is 0.510. The van der Waals surface area contributed by atoms with Crippen LogP contribution in [0.15, 0.2) is 42.5 Å². The highest BCUT2D eigenvalue weighted by atomic mass is 16.4. The van der Waals surface area contributed by atoms with E-state index < -0.39 is 5.97 Å². The van der Waals surface area contributed by atoms with Crippen molar-refractivity contribution >= 4 is 5.97 Å². The summed E-state index contributed by atoms with van der Waals surface area (Å²) < 4.78 is 0. The van der Waals surface area contributed by atoms with Gasteiger partial charge in [-0.15, -0.1) is 0 Å². The summed E-state index contributed by atoms with van der Waals surface area (Å²) in [6, 6.07) is 10.9. The number of hydrogen-bond acceptors (Lipinski definition) is 1. The molecule has 0 spiro atoms. The molecule has 1 N–H and O–H groups in total. The lowest BCUT2D eigenvalue weighted by atomic mass is 9.64. The van der Waals surface area contributed by atoms with Crippen molar-refractivity contribution in [2.45, 2.75) is 64.7 Å². The van der Waals surface area contributed by atoms with Crippen molar-refractivity contribution in [3.63, 3.8) is 0 Å². The molecule has 1 aromatic rings. The Bertz CT molecular complexity index is 516. The van der Waals surface area contributed by atoms with Gasteiger partial charge in [0, 0.05) is 6.42 Å². The van der Waals surface area contributed by atoms with Gasteiger partial charge in [-0.2, -0.15) is 0 Å². The molecule has 126 valence electrons. The minimum atomic E-state index is -0.697. The third-order valence-corrected chi connectivity index (χ3v) is 5.13. The molecule has 0 bridgehead atoms. The van der Waals surface area contributed by atoms with Crippen molar-refractivity contribution in [3.05, 3.63) is 48.0 Å². The molecule has 0 aromatic heterocycles. The second-order valence-corrected chi connectivity index (χ2v) is 7.68. The number of unbranched alkanes of at least 4 members (excludes halogenated alkanes) is 1. The number of hydrogen-bond donors (Lipinski definition) is 1. The summed E-state index contributed by atoms with van der Waals surface area (Å²) >= 11 is 0. The molecule has 1 fully saturated rings. The fourth-order valence-corrected chi connectivity index (χ4v) is 3.77. The predicted octanol–water partition coefficient (Wildman–Crippen LogP) is 5.80. The van der Waals surface area contributed by atoms with Crippen LogP contribution in [0.5, 0.6) is 0 Å².